The standard InChI is InChI=1S/C20H25N3O5S/c1-13-7-6-8-18(14(13)2)28-15(3)19(24)21-22-20(25)16-9-11-17(12-10-16)29(26,27)23(4)5/h6-12,15H,1-5H3,(H,21,24)(H,22,25)/t15-/m0/s1. The molecule has 0 unspecified atom stereocenters. The average Bonchev–Trinajstić information content (AvgIpc) is 2.69. The second-order valence-electron chi connectivity index (χ2n) is 6.71. The molecule has 2 rings (SSSR count). The van der Waals surface area contributed by atoms with Gasteiger partial charge in [0.25, 0.3) is 11.8 Å². The van der Waals surface area contributed by atoms with E-state index >= 15 is 0 Å². The van der Waals surface area contributed by atoms with Gasteiger partial charge in [0.15, 0.2) is 6.10 Å². The molecule has 2 aromatic rings. The van der Waals surface area contributed by atoms with Gasteiger partial charge in [0.1, 0.15) is 5.75 Å². The van der Waals surface area contributed by atoms with E-state index < -0.39 is 27.9 Å². The molecule has 0 aliphatic carbocycles. The molecule has 0 saturated carbocycles. The van der Waals surface area contributed by atoms with E-state index in [4.69, 9.17) is 4.74 Å². The van der Waals surface area contributed by atoms with E-state index in [0.717, 1.165) is 15.4 Å². The average molecular weight is 420 g/mol. The quantitative estimate of drug-likeness (QED) is 0.695. The van der Waals surface area contributed by atoms with Crippen LogP contribution in [0, 0.1) is 13.8 Å². The Morgan fingerprint density at radius 2 is 1.62 bits per heavy atom. The van der Waals surface area contributed by atoms with E-state index in [-0.39, 0.29) is 10.5 Å². The number of nitrogens with one attached hydrogen (secondary N) is 2. The van der Waals surface area contributed by atoms with Crippen molar-refractivity contribution in [1.29, 1.82) is 0 Å². The molecular formula is C20H25N3O5S. The summed E-state index contributed by atoms with van der Waals surface area (Å²) in [6.45, 7) is 5.42. The molecule has 1 atom stereocenters. The summed E-state index contributed by atoms with van der Waals surface area (Å²) in [7, 11) is -0.730. The lowest BCUT2D eigenvalue weighted by molar-refractivity contribution is -0.128. The van der Waals surface area contributed by atoms with E-state index in [1.54, 1.807) is 13.0 Å². The van der Waals surface area contributed by atoms with Crippen LogP contribution in [0.2, 0.25) is 0 Å². The number of carbonyl (C=O) groups is 2. The topological polar surface area (TPSA) is 105 Å². The highest BCUT2D eigenvalue weighted by Crippen LogP contribution is 2.21. The highest BCUT2D eigenvalue weighted by Gasteiger charge is 2.19. The maximum atomic E-state index is 12.2. The Kier molecular flexibility index (Phi) is 6.99. The van der Waals surface area contributed by atoms with Crippen LogP contribution in [0.3, 0.4) is 0 Å². The van der Waals surface area contributed by atoms with E-state index in [0.29, 0.717) is 5.75 Å². The predicted octanol–water partition coefficient (Wildman–Crippen LogP) is 1.78. The van der Waals surface area contributed by atoms with Crippen molar-refractivity contribution in [3.63, 3.8) is 0 Å². The van der Waals surface area contributed by atoms with Crippen molar-refractivity contribution in [3.8, 4) is 5.75 Å². The molecule has 0 heterocycles. The van der Waals surface area contributed by atoms with Gasteiger partial charge in [0.05, 0.1) is 4.90 Å². The number of carbonyl (C=O) groups excluding carboxylic acids is 2. The Balaban J connectivity index is 1.96. The lowest BCUT2D eigenvalue weighted by Gasteiger charge is -2.17. The van der Waals surface area contributed by atoms with Gasteiger partial charge in [-0.3, -0.25) is 20.4 Å². The van der Waals surface area contributed by atoms with Crippen LogP contribution in [0.5, 0.6) is 5.75 Å². The minimum atomic E-state index is -3.58. The monoisotopic (exact) mass is 419 g/mol. The summed E-state index contributed by atoms with van der Waals surface area (Å²) >= 11 is 0. The third kappa shape index (κ3) is 5.33. The Labute approximate surface area is 170 Å². The third-order valence-electron chi connectivity index (χ3n) is 4.42. The number of hydrogen-bond acceptors (Lipinski definition) is 5. The second kappa shape index (κ2) is 9.06. The van der Waals surface area contributed by atoms with E-state index in [1.165, 1.54) is 38.4 Å². The summed E-state index contributed by atoms with van der Waals surface area (Å²) in [5.74, 6) is -0.506. The van der Waals surface area contributed by atoms with Crippen molar-refractivity contribution in [3.05, 3.63) is 59.2 Å². The zero-order chi connectivity index (χ0) is 21.8. The summed E-state index contributed by atoms with van der Waals surface area (Å²) in [6, 6.07) is 11.0. The second-order valence-corrected chi connectivity index (χ2v) is 8.87. The summed E-state index contributed by atoms with van der Waals surface area (Å²) in [5, 5.41) is 0. The number of nitrogens with zero attached hydrogens (tertiary/aromatic N) is 1. The van der Waals surface area contributed by atoms with Gasteiger partial charge in [-0.15, -0.1) is 0 Å². The number of hydrazine groups is 1. The molecule has 156 valence electrons. The highest BCUT2D eigenvalue weighted by molar-refractivity contribution is 7.89. The van der Waals surface area contributed by atoms with Crippen LogP contribution in [0.25, 0.3) is 0 Å². The molecule has 2 N–H and O–H groups in total. The minimum absolute atomic E-state index is 0.0682. The van der Waals surface area contributed by atoms with Crippen molar-refractivity contribution in [2.45, 2.75) is 31.8 Å². The van der Waals surface area contributed by atoms with Gasteiger partial charge in [-0.1, -0.05) is 12.1 Å². The Morgan fingerprint density at radius 3 is 2.21 bits per heavy atom. The van der Waals surface area contributed by atoms with Crippen LogP contribution in [-0.2, 0) is 14.8 Å². The van der Waals surface area contributed by atoms with Crippen LogP contribution in [0.15, 0.2) is 47.4 Å². The van der Waals surface area contributed by atoms with Crippen molar-refractivity contribution in [1.82, 2.24) is 15.2 Å². The maximum Gasteiger partial charge on any atom is 0.279 e. The first-order valence-electron chi connectivity index (χ1n) is 8.89. The molecule has 0 fully saturated rings. The molecule has 0 saturated heterocycles. The molecule has 0 bridgehead atoms. The first-order chi connectivity index (χ1) is 13.5. The minimum Gasteiger partial charge on any atom is -0.481 e. The van der Waals surface area contributed by atoms with E-state index in [2.05, 4.69) is 10.9 Å². The number of sulfonamides is 1. The summed E-state index contributed by atoms with van der Waals surface area (Å²) < 4.78 is 30.9. The molecule has 0 radical (unpaired) electrons. The zero-order valence-electron chi connectivity index (χ0n) is 17.0. The fourth-order valence-electron chi connectivity index (χ4n) is 2.38. The molecule has 0 aliphatic heterocycles. The molecular weight excluding hydrogens is 394 g/mol. The number of hydrogen-bond donors (Lipinski definition) is 2. The molecule has 2 amide bonds. The molecule has 2 aromatic carbocycles. The molecule has 0 aromatic heterocycles. The van der Waals surface area contributed by atoms with Gasteiger partial charge < -0.3 is 4.74 Å². The fourth-order valence-corrected chi connectivity index (χ4v) is 3.28. The van der Waals surface area contributed by atoms with Gasteiger partial charge in [0, 0.05) is 19.7 Å². The maximum absolute atomic E-state index is 12.2. The Bertz CT molecular complexity index is 1000. The number of benzene rings is 2. The largest absolute Gasteiger partial charge is 0.481 e. The van der Waals surface area contributed by atoms with Gasteiger partial charge in [-0.2, -0.15) is 0 Å². The van der Waals surface area contributed by atoms with Gasteiger partial charge >= 0.3 is 0 Å². The van der Waals surface area contributed by atoms with Crippen LogP contribution in [0.1, 0.15) is 28.4 Å². The predicted molar refractivity (Wildman–Crippen MR) is 109 cm³/mol. The molecule has 9 heteroatoms. The van der Waals surface area contributed by atoms with Crippen molar-refractivity contribution >= 4 is 21.8 Å². The summed E-state index contributed by atoms with van der Waals surface area (Å²) in [5.41, 5.74) is 6.78. The summed E-state index contributed by atoms with van der Waals surface area (Å²) in [4.78, 5) is 24.5. The number of rotatable bonds is 6. The zero-order valence-corrected chi connectivity index (χ0v) is 17.8. The lowest BCUT2D eigenvalue weighted by Crippen LogP contribution is -2.47. The van der Waals surface area contributed by atoms with Crippen molar-refractivity contribution in [2.24, 2.45) is 0 Å². The number of aryl methyl sites for hydroxylation is 1. The smallest absolute Gasteiger partial charge is 0.279 e. The first-order valence-corrected chi connectivity index (χ1v) is 10.3. The van der Waals surface area contributed by atoms with E-state index in [9.17, 15) is 18.0 Å². The van der Waals surface area contributed by atoms with Crippen LogP contribution >= 0.6 is 0 Å². The van der Waals surface area contributed by atoms with Gasteiger partial charge in [-0.05, 0) is 62.2 Å². The Hall–Kier alpha value is -2.91. The molecule has 29 heavy (non-hydrogen) atoms. The van der Waals surface area contributed by atoms with Crippen molar-refractivity contribution < 1.29 is 22.7 Å². The summed E-state index contributed by atoms with van der Waals surface area (Å²) in [6.07, 6.45) is -0.830. The number of ether oxygens (including phenoxy) is 1. The fraction of sp³-hybridized carbons (Fsp3) is 0.300. The SMILES string of the molecule is Cc1cccc(O[C@@H](C)C(=O)NNC(=O)c2ccc(S(=O)(=O)N(C)C)cc2)c1C. The molecule has 0 spiro atoms. The first kappa shape index (κ1) is 22.4. The van der Waals surface area contributed by atoms with E-state index in [1.807, 2.05) is 26.0 Å². The third-order valence-corrected chi connectivity index (χ3v) is 6.25. The van der Waals surface area contributed by atoms with Gasteiger partial charge in [0.2, 0.25) is 10.0 Å². The molecule has 0 aliphatic rings. The van der Waals surface area contributed by atoms with Gasteiger partial charge in [-0.25, -0.2) is 12.7 Å². The van der Waals surface area contributed by atoms with Crippen LogP contribution in [0.4, 0.5) is 0 Å². The number of amides is 2. The van der Waals surface area contributed by atoms with Crippen LogP contribution < -0.4 is 15.6 Å². The van der Waals surface area contributed by atoms with Crippen molar-refractivity contribution in [2.75, 3.05) is 14.1 Å². The highest BCUT2D eigenvalue weighted by atomic mass is 32.2. The lowest BCUT2D eigenvalue weighted by atomic mass is 10.1. The molecule has 8 nitrogen and oxygen atoms in total. The Morgan fingerprint density at radius 1 is 1.00 bits per heavy atom. The normalized spacial score (nSPS) is 12.3. The van der Waals surface area contributed by atoms with Crippen LogP contribution in [-0.4, -0.2) is 44.7 Å².